The molecule has 0 aromatic heterocycles. The van der Waals surface area contributed by atoms with Gasteiger partial charge in [-0.3, -0.25) is 10.1 Å². The number of methoxy groups -OCH3 is 2. The summed E-state index contributed by atoms with van der Waals surface area (Å²) in [6, 6.07) is 5.02. The highest BCUT2D eigenvalue weighted by Crippen LogP contribution is 2.39. The van der Waals surface area contributed by atoms with Gasteiger partial charge in [-0.15, -0.1) is 0 Å². The van der Waals surface area contributed by atoms with E-state index in [1.807, 2.05) is 46.8 Å². The molecule has 1 aromatic rings. The largest absolute Gasteiger partial charge is 0.493 e. The molecule has 0 bridgehead atoms. The lowest BCUT2D eigenvalue weighted by Crippen LogP contribution is -2.50. The zero-order valence-corrected chi connectivity index (χ0v) is 25.2. The molecule has 2 rings (SSSR count). The van der Waals surface area contributed by atoms with Crippen molar-refractivity contribution in [3.8, 4) is 11.5 Å². The summed E-state index contributed by atoms with van der Waals surface area (Å²) in [5.41, 5.74) is 0.119. The van der Waals surface area contributed by atoms with E-state index in [-0.39, 0.29) is 29.6 Å². The van der Waals surface area contributed by atoms with E-state index in [2.05, 4.69) is 19.2 Å². The normalized spacial score (nSPS) is 21.1. The first-order chi connectivity index (χ1) is 18.3. The highest BCUT2D eigenvalue weighted by Gasteiger charge is 2.42. The SMILES string of the molecule is COCCCOc1cc([C@@H](O)[C@@H](C[C@H](NC(O)OC(C)(C)C)[C@@H]2CC(C(C)C)C(=O)O2)C(C)C)ccc1OC. The van der Waals surface area contributed by atoms with Crippen LogP contribution in [0.5, 0.6) is 11.5 Å². The van der Waals surface area contributed by atoms with Gasteiger partial charge in [0.1, 0.15) is 6.10 Å². The molecule has 0 saturated carbocycles. The van der Waals surface area contributed by atoms with E-state index in [1.165, 1.54) is 0 Å². The Hall–Kier alpha value is -1.91. The Morgan fingerprint density at radius 3 is 2.31 bits per heavy atom. The molecular formula is C30H51NO8. The van der Waals surface area contributed by atoms with Gasteiger partial charge in [0.05, 0.1) is 31.3 Å². The van der Waals surface area contributed by atoms with Crippen LogP contribution in [-0.4, -0.2) is 67.8 Å². The lowest BCUT2D eigenvalue weighted by molar-refractivity contribution is -0.191. The van der Waals surface area contributed by atoms with E-state index in [9.17, 15) is 15.0 Å². The molecule has 224 valence electrons. The van der Waals surface area contributed by atoms with Gasteiger partial charge in [0.15, 0.2) is 11.5 Å². The molecule has 0 radical (unpaired) electrons. The number of ether oxygens (including phenoxy) is 5. The van der Waals surface area contributed by atoms with Crippen LogP contribution in [0.1, 0.15) is 79.4 Å². The highest BCUT2D eigenvalue weighted by molar-refractivity contribution is 5.75. The summed E-state index contributed by atoms with van der Waals surface area (Å²) in [6.07, 6.45) is -0.830. The van der Waals surface area contributed by atoms with E-state index < -0.39 is 30.3 Å². The summed E-state index contributed by atoms with van der Waals surface area (Å²) >= 11 is 0. The maximum Gasteiger partial charge on any atom is 0.309 e. The van der Waals surface area contributed by atoms with Crippen LogP contribution >= 0.6 is 0 Å². The van der Waals surface area contributed by atoms with Gasteiger partial charge < -0.3 is 33.9 Å². The maximum atomic E-state index is 12.6. The summed E-state index contributed by atoms with van der Waals surface area (Å²) in [5.74, 6) is 0.714. The second-order valence-corrected chi connectivity index (χ2v) is 12.1. The Morgan fingerprint density at radius 2 is 1.77 bits per heavy atom. The number of benzene rings is 1. The maximum absolute atomic E-state index is 12.6. The zero-order valence-electron chi connectivity index (χ0n) is 25.2. The monoisotopic (exact) mass is 553 g/mol. The molecule has 1 saturated heterocycles. The lowest BCUT2D eigenvalue weighted by Gasteiger charge is -2.35. The molecule has 9 heteroatoms. The van der Waals surface area contributed by atoms with E-state index in [1.54, 1.807) is 20.3 Å². The standard InChI is InChI=1S/C30H51NO8/c1-18(2)21(27(32)20-11-12-24(36-9)26(15-20)37-14-10-13-35-8)16-23(31-29(34)39-30(5,6)7)25-17-22(19(3)4)28(33)38-25/h11-12,15,18-19,21-23,25,27,29,31-32,34H,10,13-14,16-17H2,1-9H3/t21-,22?,23-,25-,27+,29?/m0/s1. The van der Waals surface area contributed by atoms with Crippen molar-refractivity contribution in [2.24, 2.45) is 23.7 Å². The zero-order chi connectivity index (χ0) is 29.3. The Labute approximate surface area is 234 Å². The van der Waals surface area contributed by atoms with Crippen molar-refractivity contribution < 1.29 is 38.7 Å². The number of carbonyl (C=O) groups is 1. The Kier molecular flexibility index (Phi) is 13.0. The molecule has 9 nitrogen and oxygen atoms in total. The number of aliphatic hydroxyl groups is 2. The number of hydrogen-bond acceptors (Lipinski definition) is 9. The average molecular weight is 554 g/mol. The fraction of sp³-hybridized carbons (Fsp3) is 0.767. The molecule has 1 fully saturated rings. The van der Waals surface area contributed by atoms with E-state index >= 15 is 0 Å². The molecule has 1 aliphatic heterocycles. The molecule has 1 aliphatic rings. The quantitative estimate of drug-likeness (QED) is 0.155. The van der Waals surface area contributed by atoms with Crippen molar-refractivity contribution in [3.63, 3.8) is 0 Å². The summed E-state index contributed by atoms with van der Waals surface area (Å²) in [7, 11) is 3.23. The molecule has 3 N–H and O–H groups in total. The Balaban J connectivity index is 2.30. The Morgan fingerprint density at radius 1 is 1.08 bits per heavy atom. The van der Waals surface area contributed by atoms with E-state index in [4.69, 9.17) is 23.7 Å². The van der Waals surface area contributed by atoms with E-state index in [0.29, 0.717) is 43.1 Å². The van der Waals surface area contributed by atoms with Crippen LogP contribution < -0.4 is 14.8 Å². The summed E-state index contributed by atoms with van der Waals surface area (Å²) < 4.78 is 28.0. The Bertz CT molecular complexity index is 884. The third-order valence-corrected chi connectivity index (χ3v) is 7.20. The van der Waals surface area contributed by atoms with Gasteiger partial charge in [0.25, 0.3) is 0 Å². The van der Waals surface area contributed by atoms with Crippen LogP contribution in [0.2, 0.25) is 0 Å². The third kappa shape index (κ3) is 10.2. The van der Waals surface area contributed by atoms with Gasteiger partial charge in [0, 0.05) is 26.2 Å². The van der Waals surface area contributed by atoms with Crippen molar-refractivity contribution in [2.45, 2.75) is 98.0 Å². The van der Waals surface area contributed by atoms with Crippen LogP contribution in [0.15, 0.2) is 18.2 Å². The van der Waals surface area contributed by atoms with Crippen molar-refractivity contribution in [2.75, 3.05) is 27.4 Å². The topological polar surface area (TPSA) is 116 Å². The fourth-order valence-corrected chi connectivity index (χ4v) is 4.98. The number of hydrogen-bond donors (Lipinski definition) is 3. The predicted molar refractivity (Wildman–Crippen MR) is 149 cm³/mol. The first kappa shape index (κ1) is 33.3. The first-order valence-electron chi connectivity index (χ1n) is 14.1. The van der Waals surface area contributed by atoms with E-state index in [0.717, 1.165) is 6.42 Å². The second kappa shape index (κ2) is 15.2. The van der Waals surface area contributed by atoms with Crippen molar-refractivity contribution in [1.82, 2.24) is 5.32 Å². The average Bonchev–Trinajstić information content (AvgIpc) is 3.24. The molecule has 0 spiro atoms. The fourth-order valence-electron chi connectivity index (χ4n) is 4.98. The molecule has 1 aromatic carbocycles. The van der Waals surface area contributed by atoms with Crippen LogP contribution in [0.4, 0.5) is 0 Å². The minimum absolute atomic E-state index is 0.0798. The third-order valence-electron chi connectivity index (χ3n) is 7.20. The highest BCUT2D eigenvalue weighted by atomic mass is 16.6. The van der Waals surface area contributed by atoms with Gasteiger partial charge in [-0.2, -0.15) is 0 Å². The number of aliphatic hydroxyl groups excluding tert-OH is 2. The lowest BCUT2D eigenvalue weighted by atomic mass is 9.80. The van der Waals surface area contributed by atoms with Gasteiger partial charge in [-0.05, 0) is 69.1 Å². The summed E-state index contributed by atoms with van der Waals surface area (Å²) in [5, 5.41) is 25.5. The van der Waals surface area contributed by atoms with Gasteiger partial charge in [0.2, 0.25) is 6.41 Å². The molecular weight excluding hydrogens is 502 g/mol. The minimum atomic E-state index is -1.26. The summed E-state index contributed by atoms with van der Waals surface area (Å²) in [6.45, 7) is 14.7. The van der Waals surface area contributed by atoms with Crippen molar-refractivity contribution in [1.29, 1.82) is 0 Å². The molecule has 0 amide bonds. The van der Waals surface area contributed by atoms with Crippen molar-refractivity contribution >= 4 is 5.97 Å². The van der Waals surface area contributed by atoms with Crippen LogP contribution in [-0.2, 0) is 19.0 Å². The number of esters is 1. The van der Waals surface area contributed by atoms with Crippen LogP contribution in [0, 0.1) is 23.7 Å². The number of rotatable bonds is 16. The molecule has 0 aliphatic carbocycles. The van der Waals surface area contributed by atoms with Crippen LogP contribution in [0.25, 0.3) is 0 Å². The number of cyclic esters (lactones) is 1. The smallest absolute Gasteiger partial charge is 0.309 e. The first-order valence-corrected chi connectivity index (χ1v) is 14.1. The number of nitrogens with one attached hydrogen (secondary N) is 1. The van der Waals surface area contributed by atoms with Gasteiger partial charge in [-0.1, -0.05) is 33.8 Å². The molecule has 1 heterocycles. The van der Waals surface area contributed by atoms with Gasteiger partial charge in [-0.25, -0.2) is 0 Å². The number of carbonyl (C=O) groups excluding carboxylic acids is 1. The van der Waals surface area contributed by atoms with Crippen molar-refractivity contribution in [3.05, 3.63) is 23.8 Å². The molecule has 6 atom stereocenters. The summed E-state index contributed by atoms with van der Waals surface area (Å²) in [4.78, 5) is 12.6. The predicted octanol–water partition coefficient (Wildman–Crippen LogP) is 4.44. The minimum Gasteiger partial charge on any atom is -0.493 e. The van der Waals surface area contributed by atoms with Gasteiger partial charge >= 0.3 is 5.97 Å². The molecule has 2 unspecified atom stereocenters. The molecule has 39 heavy (non-hydrogen) atoms. The van der Waals surface area contributed by atoms with Crippen LogP contribution in [0.3, 0.4) is 0 Å². The second-order valence-electron chi connectivity index (χ2n) is 12.1.